The number of ether oxygens (including phenoxy) is 1. The standard InChI is InChI=1S/C17H22ClN3O5S/c1-10(14(22)21-17(25)19-2)26-16(24)13(8-9-27-3)20-15(23)11-4-6-12(18)7-5-11/h4-7,10,13H,8-9H2,1-3H3,(H,20,23)(H2,19,21,22,25)/t10-,13-/m0/s1. The SMILES string of the molecule is CNC(=O)NC(=O)[C@H](C)OC(=O)[C@H](CCSC)NC(=O)c1ccc(Cl)cc1. The molecule has 1 aromatic rings. The van der Waals surface area contributed by atoms with Gasteiger partial charge in [0.1, 0.15) is 6.04 Å². The summed E-state index contributed by atoms with van der Waals surface area (Å²) >= 11 is 7.30. The van der Waals surface area contributed by atoms with Gasteiger partial charge in [0.15, 0.2) is 6.10 Å². The van der Waals surface area contributed by atoms with Gasteiger partial charge in [-0.25, -0.2) is 9.59 Å². The molecule has 0 spiro atoms. The summed E-state index contributed by atoms with van der Waals surface area (Å²) in [6.45, 7) is 1.34. The molecule has 27 heavy (non-hydrogen) atoms. The van der Waals surface area contributed by atoms with Gasteiger partial charge in [-0.05, 0) is 49.6 Å². The lowest BCUT2D eigenvalue weighted by Crippen LogP contribution is -2.47. The Kier molecular flexibility index (Phi) is 9.66. The zero-order chi connectivity index (χ0) is 20.4. The Hall–Kier alpha value is -2.26. The van der Waals surface area contributed by atoms with E-state index in [1.165, 1.54) is 37.9 Å². The lowest BCUT2D eigenvalue weighted by molar-refractivity contribution is -0.156. The maximum absolute atomic E-state index is 12.4. The summed E-state index contributed by atoms with van der Waals surface area (Å²) in [5.74, 6) is -1.39. The first-order valence-electron chi connectivity index (χ1n) is 8.07. The molecule has 0 fully saturated rings. The average molecular weight is 416 g/mol. The number of carbonyl (C=O) groups is 4. The first-order chi connectivity index (χ1) is 12.8. The normalized spacial score (nSPS) is 12.4. The van der Waals surface area contributed by atoms with E-state index in [1.807, 2.05) is 11.6 Å². The summed E-state index contributed by atoms with van der Waals surface area (Å²) in [5.41, 5.74) is 0.340. The van der Waals surface area contributed by atoms with E-state index >= 15 is 0 Å². The molecular formula is C17H22ClN3O5S. The summed E-state index contributed by atoms with van der Waals surface area (Å²) in [6, 6.07) is 4.56. The zero-order valence-electron chi connectivity index (χ0n) is 15.2. The summed E-state index contributed by atoms with van der Waals surface area (Å²) in [7, 11) is 1.35. The molecule has 4 amide bonds. The number of nitrogens with one attached hydrogen (secondary N) is 3. The van der Waals surface area contributed by atoms with Crippen LogP contribution in [0.4, 0.5) is 4.79 Å². The highest BCUT2D eigenvalue weighted by Gasteiger charge is 2.27. The van der Waals surface area contributed by atoms with E-state index in [1.54, 1.807) is 12.1 Å². The van der Waals surface area contributed by atoms with E-state index in [-0.39, 0.29) is 0 Å². The number of urea groups is 1. The maximum Gasteiger partial charge on any atom is 0.329 e. The Morgan fingerprint density at radius 3 is 2.37 bits per heavy atom. The number of esters is 1. The first kappa shape index (κ1) is 22.8. The van der Waals surface area contributed by atoms with Gasteiger partial charge in [-0.3, -0.25) is 14.9 Å². The quantitative estimate of drug-likeness (QED) is 0.555. The molecule has 0 radical (unpaired) electrons. The van der Waals surface area contributed by atoms with Crippen molar-refractivity contribution in [1.82, 2.24) is 16.0 Å². The second-order valence-corrected chi connectivity index (χ2v) is 6.88. The predicted molar refractivity (Wildman–Crippen MR) is 104 cm³/mol. The third kappa shape index (κ3) is 7.88. The maximum atomic E-state index is 12.4. The van der Waals surface area contributed by atoms with Crippen LogP contribution in [0.3, 0.4) is 0 Å². The van der Waals surface area contributed by atoms with Gasteiger partial charge >= 0.3 is 12.0 Å². The number of thioether (sulfide) groups is 1. The van der Waals surface area contributed by atoms with Crippen LogP contribution >= 0.6 is 23.4 Å². The molecule has 0 unspecified atom stereocenters. The highest BCUT2D eigenvalue weighted by Crippen LogP contribution is 2.11. The largest absolute Gasteiger partial charge is 0.451 e. The minimum atomic E-state index is -1.20. The lowest BCUT2D eigenvalue weighted by atomic mass is 10.1. The lowest BCUT2D eigenvalue weighted by Gasteiger charge is -2.20. The summed E-state index contributed by atoms with van der Waals surface area (Å²) < 4.78 is 5.10. The highest BCUT2D eigenvalue weighted by atomic mass is 35.5. The summed E-state index contributed by atoms with van der Waals surface area (Å²) in [5, 5.41) is 7.33. The number of halogens is 1. The molecule has 0 aliphatic carbocycles. The fraction of sp³-hybridized carbons (Fsp3) is 0.412. The molecule has 0 saturated carbocycles. The van der Waals surface area contributed by atoms with Gasteiger partial charge in [-0.15, -0.1) is 0 Å². The molecular weight excluding hydrogens is 394 g/mol. The number of imide groups is 1. The Labute approximate surface area is 166 Å². The molecule has 10 heteroatoms. The van der Waals surface area contributed by atoms with E-state index in [0.29, 0.717) is 22.8 Å². The van der Waals surface area contributed by atoms with E-state index in [9.17, 15) is 19.2 Å². The van der Waals surface area contributed by atoms with Crippen molar-refractivity contribution >= 4 is 47.2 Å². The molecule has 0 aromatic heterocycles. The second-order valence-electron chi connectivity index (χ2n) is 5.46. The molecule has 0 heterocycles. The van der Waals surface area contributed by atoms with Crippen molar-refractivity contribution < 1.29 is 23.9 Å². The van der Waals surface area contributed by atoms with Crippen LogP contribution in [0, 0.1) is 0 Å². The number of rotatable bonds is 8. The van der Waals surface area contributed by atoms with E-state index < -0.39 is 36.0 Å². The van der Waals surface area contributed by atoms with Crippen molar-refractivity contribution in [1.29, 1.82) is 0 Å². The van der Waals surface area contributed by atoms with Crippen molar-refractivity contribution in [3.05, 3.63) is 34.9 Å². The molecule has 1 aromatic carbocycles. The number of carbonyl (C=O) groups excluding carboxylic acids is 4. The Bertz CT molecular complexity index is 684. The Morgan fingerprint density at radius 1 is 1.19 bits per heavy atom. The van der Waals surface area contributed by atoms with Gasteiger partial charge in [-0.1, -0.05) is 11.6 Å². The molecule has 2 atom stereocenters. The number of benzene rings is 1. The van der Waals surface area contributed by atoms with Gasteiger partial charge in [0.2, 0.25) is 0 Å². The van der Waals surface area contributed by atoms with Crippen molar-refractivity contribution in [2.24, 2.45) is 0 Å². The number of hydrogen-bond acceptors (Lipinski definition) is 6. The number of amides is 4. The van der Waals surface area contributed by atoms with Crippen LogP contribution in [-0.2, 0) is 14.3 Å². The van der Waals surface area contributed by atoms with Gasteiger partial charge < -0.3 is 15.4 Å². The summed E-state index contributed by atoms with van der Waals surface area (Å²) in [4.78, 5) is 47.7. The second kappa shape index (κ2) is 11.5. The van der Waals surface area contributed by atoms with Crippen LogP contribution in [0.5, 0.6) is 0 Å². The van der Waals surface area contributed by atoms with Crippen LogP contribution in [0.15, 0.2) is 24.3 Å². The third-order valence-electron chi connectivity index (χ3n) is 3.43. The van der Waals surface area contributed by atoms with Crippen LogP contribution in [0.2, 0.25) is 5.02 Å². The van der Waals surface area contributed by atoms with Crippen LogP contribution < -0.4 is 16.0 Å². The van der Waals surface area contributed by atoms with E-state index in [0.717, 1.165) is 0 Å². The van der Waals surface area contributed by atoms with Gasteiger partial charge in [-0.2, -0.15) is 11.8 Å². The molecule has 0 aliphatic heterocycles. The van der Waals surface area contributed by atoms with Gasteiger partial charge in [0.25, 0.3) is 11.8 Å². The zero-order valence-corrected chi connectivity index (χ0v) is 16.8. The number of hydrogen-bond donors (Lipinski definition) is 3. The van der Waals surface area contributed by atoms with Gasteiger partial charge in [0.05, 0.1) is 0 Å². The Morgan fingerprint density at radius 2 is 1.81 bits per heavy atom. The monoisotopic (exact) mass is 415 g/mol. The molecule has 0 aliphatic rings. The minimum Gasteiger partial charge on any atom is -0.451 e. The molecule has 8 nitrogen and oxygen atoms in total. The van der Waals surface area contributed by atoms with Crippen molar-refractivity contribution in [3.63, 3.8) is 0 Å². The molecule has 148 valence electrons. The fourth-order valence-electron chi connectivity index (χ4n) is 1.91. The van der Waals surface area contributed by atoms with E-state index in [2.05, 4.69) is 10.6 Å². The highest BCUT2D eigenvalue weighted by molar-refractivity contribution is 7.98. The van der Waals surface area contributed by atoms with Crippen molar-refractivity contribution in [3.8, 4) is 0 Å². The minimum absolute atomic E-state index is 0.323. The molecule has 3 N–H and O–H groups in total. The predicted octanol–water partition coefficient (Wildman–Crippen LogP) is 1.58. The first-order valence-corrected chi connectivity index (χ1v) is 9.84. The molecule has 1 rings (SSSR count). The smallest absolute Gasteiger partial charge is 0.329 e. The van der Waals surface area contributed by atoms with Crippen LogP contribution in [-0.4, -0.2) is 55.0 Å². The van der Waals surface area contributed by atoms with Crippen LogP contribution in [0.1, 0.15) is 23.7 Å². The van der Waals surface area contributed by atoms with Gasteiger partial charge in [0, 0.05) is 17.6 Å². The third-order valence-corrected chi connectivity index (χ3v) is 4.33. The summed E-state index contributed by atoms with van der Waals surface area (Å²) in [6.07, 6.45) is 0.991. The molecule has 0 bridgehead atoms. The fourth-order valence-corrected chi connectivity index (χ4v) is 2.51. The average Bonchev–Trinajstić information content (AvgIpc) is 2.64. The van der Waals surface area contributed by atoms with Crippen molar-refractivity contribution in [2.75, 3.05) is 19.1 Å². The topological polar surface area (TPSA) is 114 Å². The molecule has 0 saturated heterocycles. The Balaban J connectivity index is 2.75. The van der Waals surface area contributed by atoms with E-state index in [4.69, 9.17) is 16.3 Å². The van der Waals surface area contributed by atoms with Crippen LogP contribution in [0.25, 0.3) is 0 Å². The van der Waals surface area contributed by atoms with Crippen molar-refractivity contribution in [2.45, 2.75) is 25.5 Å².